The Hall–Kier alpha value is -0.850. The summed E-state index contributed by atoms with van der Waals surface area (Å²) in [6, 6.07) is 0.423. The van der Waals surface area contributed by atoms with Crippen molar-refractivity contribution in [3.8, 4) is 11.5 Å². The predicted octanol–water partition coefficient (Wildman–Crippen LogP) is 1.31. The minimum absolute atomic E-state index is 0.0607. The Bertz CT molecular complexity index is 399. The summed E-state index contributed by atoms with van der Waals surface area (Å²) in [6.07, 6.45) is 0. The zero-order chi connectivity index (χ0) is 11.0. The standard InChI is InChI=1S/C9H9BrFNO3/c10-8-7(5(12)2-13)4(11)1-6-9(8)15-3-14-6/h1,5,13H,2-3,12H2. The molecule has 1 aromatic rings. The fraction of sp³-hybridized carbons (Fsp3) is 0.333. The number of hydrogen-bond acceptors (Lipinski definition) is 4. The lowest BCUT2D eigenvalue weighted by molar-refractivity contribution is 0.173. The third-order valence-corrected chi connectivity index (χ3v) is 2.95. The molecular weight excluding hydrogens is 269 g/mol. The van der Waals surface area contributed by atoms with Crippen LogP contribution in [0.4, 0.5) is 4.39 Å². The van der Waals surface area contributed by atoms with Crippen LogP contribution in [0.5, 0.6) is 11.5 Å². The Labute approximate surface area is 93.9 Å². The summed E-state index contributed by atoms with van der Waals surface area (Å²) < 4.78 is 24.2. The van der Waals surface area contributed by atoms with Crippen molar-refractivity contribution in [2.24, 2.45) is 5.73 Å². The van der Waals surface area contributed by atoms with Gasteiger partial charge in [-0.1, -0.05) is 0 Å². The number of fused-ring (bicyclic) bond motifs is 1. The molecule has 1 aliphatic heterocycles. The van der Waals surface area contributed by atoms with Crippen molar-refractivity contribution in [3.63, 3.8) is 0 Å². The number of hydrogen-bond donors (Lipinski definition) is 2. The van der Waals surface area contributed by atoms with Gasteiger partial charge in [0.25, 0.3) is 0 Å². The second kappa shape index (κ2) is 3.96. The van der Waals surface area contributed by atoms with E-state index in [1.807, 2.05) is 0 Å². The van der Waals surface area contributed by atoms with E-state index in [1.54, 1.807) is 0 Å². The molecule has 15 heavy (non-hydrogen) atoms. The Balaban J connectivity index is 2.56. The van der Waals surface area contributed by atoms with E-state index < -0.39 is 11.9 Å². The van der Waals surface area contributed by atoms with Gasteiger partial charge in [0.2, 0.25) is 6.79 Å². The monoisotopic (exact) mass is 277 g/mol. The van der Waals surface area contributed by atoms with Gasteiger partial charge in [0.15, 0.2) is 11.5 Å². The highest BCUT2D eigenvalue weighted by Crippen LogP contribution is 2.43. The molecule has 0 bridgehead atoms. The highest BCUT2D eigenvalue weighted by molar-refractivity contribution is 9.10. The number of benzene rings is 1. The van der Waals surface area contributed by atoms with Gasteiger partial charge in [0.1, 0.15) is 5.82 Å². The third-order valence-electron chi connectivity index (χ3n) is 2.16. The van der Waals surface area contributed by atoms with Crippen molar-refractivity contribution in [1.82, 2.24) is 0 Å². The van der Waals surface area contributed by atoms with Crippen molar-refractivity contribution >= 4 is 15.9 Å². The second-order valence-electron chi connectivity index (χ2n) is 3.11. The summed E-state index contributed by atoms with van der Waals surface area (Å²) in [5.41, 5.74) is 5.77. The van der Waals surface area contributed by atoms with E-state index in [2.05, 4.69) is 15.9 Å². The Kier molecular flexibility index (Phi) is 2.81. The molecule has 0 fully saturated rings. The topological polar surface area (TPSA) is 64.7 Å². The van der Waals surface area contributed by atoms with E-state index in [-0.39, 0.29) is 19.0 Å². The molecule has 1 atom stereocenters. The molecule has 6 heteroatoms. The van der Waals surface area contributed by atoms with E-state index in [0.717, 1.165) is 0 Å². The molecule has 0 aliphatic carbocycles. The minimum Gasteiger partial charge on any atom is -0.453 e. The zero-order valence-electron chi connectivity index (χ0n) is 7.67. The van der Waals surface area contributed by atoms with Crippen LogP contribution in [0.2, 0.25) is 0 Å². The minimum atomic E-state index is -0.783. The second-order valence-corrected chi connectivity index (χ2v) is 3.90. The van der Waals surface area contributed by atoms with E-state index in [9.17, 15) is 4.39 Å². The molecule has 1 aromatic carbocycles. The van der Waals surface area contributed by atoms with Gasteiger partial charge in [-0.3, -0.25) is 0 Å². The van der Waals surface area contributed by atoms with Crippen LogP contribution in [0.25, 0.3) is 0 Å². The van der Waals surface area contributed by atoms with Gasteiger partial charge in [-0.15, -0.1) is 0 Å². The van der Waals surface area contributed by atoms with Gasteiger partial charge in [-0.2, -0.15) is 0 Å². The fourth-order valence-corrected chi connectivity index (χ4v) is 2.21. The van der Waals surface area contributed by atoms with Crippen LogP contribution < -0.4 is 15.2 Å². The fourth-order valence-electron chi connectivity index (χ4n) is 1.42. The highest BCUT2D eigenvalue weighted by Gasteiger charge is 2.25. The summed E-state index contributed by atoms with van der Waals surface area (Å²) in [4.78, 5) is 0. The number of aliphatic hydroxyl groups excluding tert-OH is 1. The van der Waals surface area contributed by atoms with Crippen LogP contribution in [0.3, 0.4) is 0 Å². The lowest BCUT2D eigenvalue weighted by atomic mass is 10.1. The first-order valence-corrected chi connectivity index (χ1v) is 5.08. The van der Waals surface area contributed by atoms with Gasteiger partial charge in [0.05, 0.1) is 17.1 Å². The first kappa shape index (κ1) is 10.7. The SMILES string of the molecule is NC(CO)c1c(F)cc2c(c1Br)OCO2. The average Bonchev–Trinajstić information content (AvgIpc) is 2.65. The lowest BCUT2D eigenvalue weighted by Crippen LogP contribution is -2.16. The summed E-state index contributed by atoms with van der Waals surface area (Å²) in [5.74, 6) is 0.247. The van der Waals surface area contributed by atoms with E-state index in [0.29, 0.717) is 16.0 Å². The van der Waals surface area contributed by atoms with Crippen molar-refractivity contribution in [2.45, 2.75) is 6.04 Å². The number of halogens is 2. The molecule has 82 valence electrons. The van der Waals surface area contributed by atoms with Crippen LogP contribution in [0.1, 0.15) is 11.6 Å². The van der Waals surface area contributed by atoms with Gasteiger partial charge in [-0.05, 0) is 15.9 Å². The van der Waals surface area contributed by atoms with Gasteiger partial charge in [-0.25, -0.2) is 4.39 Å². The van der Waals surface area contributed by atoms with E-state index >= 15 is 0 Å². The number of aliphatic hydroxyl groups is 1. The summed E-state index contributed by atoms with van der Waals surface area (Å²) in [5, 5.41) is 8.90. The summed E-state index contributed by atoms with van der Waals surface area (Å²) in [6.45, 7) is -0.277. The molecule has 0 saturated carbocycles. The molecule has 0 radical (unpaired) electrons. The van der Waals surface area contributed by atoms with Gasteiger partial charge < -0.3 is 20.3 Å². The molecule has 1 unspecified atom stereocenters. The molecule has 4 nitrogen and oxygen atoms in total. The first-order chi connectivity index (χ1) is 7.15. The third kappa shape index (κ3) is 1.68. The summed E-state index contributed by atoms with van der Waals surface area (Å²) in [7, 11) is 0. The Morgan fingerprint density at radius 1 is 1.60 bits per heavy atom. The number of ether oxygens (including phenoxy) is 2. The molecule has 3 N–H and O–H groups in total. The van der Waals surface area contributed by atoms with Crippen molar-refractivity contribution in [1.29, 1.82) is 0 Å². The maximum absolute atomic E-state index is 13.6. The van der Waals surface area contributed by atoms with Crippen LogP contribution >= 0.6 is 15.9 Å². The molecule has 2 rings (SSSR count). The summed E-state index contributed by atoms with van der Waals surface area (Å²) >= 11 is 3.19. The van der Waals surface area contributed by atoms with Crippen LogP contribution in [0.15, 0.2) is 10.5 Å². The molecule has 0 aromatic heterocycles. The van der Waals surface area contributed by atoms with Crippen molar-refractivity contribution < 1.29 is 19.0 Å². The molecule has 1 aliphatic rings. The van der Waals surface area contributed by atoms with Gasteiger partial charge in [0, 0.05) is 11.6 Å². The van der Waals surface area contributed by atoms with Crippen LogP contribution in [0, 0.1) is 5.82 Å². The number of rotatable bonds is 2. The molecule has 0 spiro atoms. The van der Waals surface area contributed by atoms with Crippen molar-refractivity contribution in [2.75, 3.05) is 13.4 Å². The average molecular weight is 278 g/mol. The van der Waals surface area contributed by atoms with E-state index in [4.69, 9.17) is 20.3 Å². The quantitative estimate of drug-likeness (QED) is 0.856. The molecule has 0 saturated heterocycles. The van der Waals surface area contributed by atoms with Crippen LogP contribution in [-0.2, 0) is 0 Å². The first-order valence-electron chi connectivity index (χ1n) is 4.29. The lowest BCUT2D eigenvalue weighted by Gasteiger charge is -2.13. The van der Waals surface area contributed by atoms with E-state index in [1.165, 1.54) is 6.07 Å². The highest BCUT2D eigenvalue weighted by atomic mass is 79.9. The van der Waals surface area contributed by atoms with Gasteiger partial charge >= 0.3 is 0 Å². The molecular formula is C9H9BrFNO3. The molecule has 0 amide bonds. The smallest absolute Gasteiger partial charge is 0.231 e. The largest absolute Gasteiger partial charge is 0.453 e. The Morgan fingerprint density at radius 3 is 3.00 bits per heavy atom. The number of nitrogens with two attached hydrogens (primary N) is 1. The normalized spacial score (nSPS) is 15.5. The zero-order valence-corrected chi connectivity index (χ0v) is 9.25. The predicted molar refractivity (Wildman–Crippen MR) is 54.2 cm³/mol. The maximum Gasteiger partial charge on any atom is 0.231 e. The van der Waals surface area contributed by atoms with Crippen LogP contribution in [-0.4, -0.2) is 18.5 Å². The van der Waals surface area contributed by atoms with Crippen molar-refractivity contribution in [3.05, 3.63) is 21.9 Å². The Morgan fingerprint density at radius 2 is 2.33 bits per heavy atom. The molecule has 1 heterocycles. The maximum atomic E-state index is 13.6.